The zero-order valence-corrected chi connectivity index (χ0v) is 20.0. The summed E-state index contributed by atoms with van der Waals surface area (Å²) in [7, 11) is -6.87. The van der Waals surface area contributed by atoms with E-state index in [4.69, 9.17) is 17.1 Å². The Hall–Kier alpha value is -0.0425. The highest BCUT2D eigenvalue weighted by Crippen LogP contribution is 2.28. The number of hydrogen-bond donors (Lipinski definition) is 0. The van der Waals surface area contributed by atoms with Crippen molar-refractivity contribution >= 4 is 41.2 Å². The molecule has 134 valence electrons. The number of carbonyl (C=O) groups excluding carboxylic acids is 1. The molecule has 0 amide bonds. The lowest BCUT2D eigenvalue weighted by Crippen LogP contribution is -2.65. The number of carbonyl (C=O) groups is 1. The first kappa shape index (κ1) is 23.0. The van der Waals surface area contributed by atoms with Crippen LogP contribution >= 0.6 is 0 Å². The van der Waals surface area contributed by atoms with Crippen LogP contribution in [0.5, 0.6) is 0 Å². The smallest absolute Gasteiger partial charge is 0.455 e. The Balaban J connectivity index is 5.80. The summed E-state index contributed by atoms with van der Waals surface area (Å²) in [5.41, 5.74) is -0.135. The summed E-state index contributed by atoms with van der Waals surface area (Å²) in [6.07, 6.45) is 0.588. The van der Waals surface area contributed by atoms with Crippen molar-refractivity contribution in [3.63, 3.8) is 0 Å². The fraction of sp³-hybridized carbons (Fsp3) is 0.786. The van der Waals surface area contributed by atoms with E-state index in [1.54, 1.807) is 6.92 Å². The molecule has 0 fully saturated rings. The molecule has 0 rings (SSSR count). The molecule has 0 saturated heterocycles. The molecule has 0 heterocycles. The highest BCUT2D eigenvalue weighted by molar-refractivity contribution is 6.87. The lowest BCUT2D eigenvalue weighted by Gasteiger charge is -2.42. The van der Waals surface area contributed by atoms with Gasteiger partial charge in [0.1, 0.15) is 0 Å². The summed E-state index contributed by atoms with van der Waals surface area (Å²) >= 11 is 0. The molecule has 2 radical (unpaired) electrons. The Morgan fingerprint density at radius 3 is 1.78 bits per heavy atom. The van der Waals surface area contributed by atoms with Gasteiger partial charge in [0, 0.05) is 5.57 Å². The fourth-order valence-electron chi connectivity index (χ4n) is 1.89. The second-order valence-electron chi connectivity index (χ2n) is 7.42. The Kier molecular flexibility index (Phi) is 8.86. The van der Waals surface area contributed by atoms with Gasteiger partial charge in [-0.15, -0.1) is 0 Å². The predicted octanol–water partition coefficient (Wildman–Crippen LogP) is 3.75. The van der Waals surface area contributed by atoms with Gasteiger partial charge in [-0.3, -0.25) is 0 Å². The first-order valence-electron chi connectivity index (χ1n) is 7.88. The van der Waals surface area contributed by atoms with Crippen LogP contribution in [0.3, 0.4) is 0 Å². The lowest BCUT2D eigenvalue weighted by atomic mass is 10.4. The van der Waals surface area contributed by atoms with Crippen molar-refractivity contribution in [1.82, 2.24) is 0 Å². The monoisotopic (exact) mass is 392 g/mol. The van der Waals surface area contributed by atoms with Crippen LogP contribution in [-0.4, -0.2) is 46.9 Å². The molecular formula is C14H32O5Si4. The fourth-order valence-corrected chi connectivity index (χ4v) is 13.8. The van der Waals surface area contributed by atoms with Crippen molar-refractivity contribution in [2.45, 2.75) is 71.8 Å². The Bertz CT molecular complexity index is 398. The van der Waals surface area contributed by atoms with Crippen LogP contribution < -0.4 is 0 Å². The first-order valence-corrected chi connectivity index (χ1v) is 17.9. The Morgan fingerprint density at radius 2 is 1.52 bits per heavy atom. The van der Waals surface area contributed by atoms with Crippen molar-refractivity contribution in [2.24, 2.45) is 0 Å². The van der Waals surface area contributed by atoms with Gasteiger partial charge in [0.15, 0.2) is 22.4 Å². The molecule has 0 aliphatic carbocycles. The van der Waals surface area contributed by atoms with E-state index in [1.165, 1.54) is 0 Å². The molecule has 1 atom stereocenters. The predicted molar refractivity (Wildman–Crippen MR) is 102 cm³/mol. The highest BCUT2D eigenvalue weighted by atomic mass is 28.5. The van der Waals surface area contributed by atoms with Gasteiger partial charge in [0.2, 0.25) is 9.76 Å². The zero-order chi connectivity index (χ0) is 18.5. The molecule has 0 aliphatic rings. The van der Waals surface area contributed by atoms with Crippen molar-refractivity contribution in [1.29, 1.82) is 0 Å². The second-order valence-corrected chi connectivity index (χ2v) is 20.6. The average Bonchev–Trinajstić information content (AvgIpc) is 2.31. The molecule has 9 heteroatoms. The first-order chi connectivity index (χ1) is 10.3. The topological polar surface area (TPSA) is 54.0 Å². The molecule has 1 unspecified atom stereocenters. The van der Waals surface area contributed by atoms with Gasteiger partial charge in [-0.1, -0.05) is 13.5 Å². The van der Waals surface area contributed by atoms with Gasteiger partial charge in [-0.25, -0.2) is 4.79 Å². The minimum Gasteiger partial charge on any atom is -0.455 e. The third-order valence-electron chi connectivity index (χ3n) is 2.50. The molecule has 0 aliphatic heterocycles. The molecule has 0 spiro atoms. The molecule has 5 nitrogen and oxygen atoms in total. The minimum atomic E-state index is -3.15. The van der Waals surface area contributed by atoms with Crippen molar-refractivity contribution in [3.8, 4) is 0 Å². The molecule has 0 saturated carbocycles. The van der Waals surface area contributed by atoms with Gasteiger partial charge >= 0.3 is 14.8 Å². The number of ether oxygens (including phenoxy) is 1. The van der Waals surface area contributed by atoms with Gasteiger partial charge in [0.05, 0.1) is 0 Å². The average molecular weight is 393 g/mol. The zero-order valence-electron chi connectivity index (χ0n) is 16.0. The van der Waals surface area contributed by atoms with Gasteiger partial charge in [-0.2, -0.15) is 0 Å². The van der Waals surface area contributed by atoms with E-state index >= 15 is 0 Å². The summed E-state index contributed by atoms with van der Waals surface area (Å²) in [5, 5.41) is 0. The van der Waals surface area contributed by atoms with E-state index in [2.05, 4.69) is 45.9 Å². The van der Waals surface area contributed by atoms with Crippen LogP contribution in [0.25, 0.3) is 0 Å². The van der Waals surface area contributed by atoms with Gasteiger partial charge < -0.3 is 17.1 Å². The summed E-state index contributed by atoms with van der Waals surface area (Å²) in [4.78, 5) is 12.1. The number of rotatable bonds is 10. The van der Waals surface area contributed by atoms with Crippen LogP contribution in [0.1, 0.15) is 20.3 Å². The number of esters is 1. The Labute approximate surface area is 147 Å². The van der Waals surface area contributed by atoms with Crippen molar-refractivity contribution < 1.29 is 21.9 Å². The normalized spacial score (nSPS) is 14.5. The third kappa shape index (κ3) is 8.56. The maximum absolute atomic E-state index is 12.1. The van der Waals surface area contributed by atoms with Crippen LogP contribution in [0.2, 0.25) is 45.8 Å². The van der Waals surface area contributed by atoms with Crippen LogP contribution in [0.15, 0.2) is 12.2 Å². The molecule has 0 N–H and O–H groups in total. The van der Waals surface area contributed by atoms with Crippen LogP contribution in [-0.2, 0) is 21.9 Å². The molecular weight excluding hydrogens is 360 g/mol. The molecule has 0 aromatic carbocycles. The number of hydrogen-bond acceptors (Lipinski definition) is 5. The highest BCUT2D eigenvalue weighted by Gasteiger charge is 2.55. The molecule has 23 heavy (non-hydrogen) atoms. The standard InChI is InChI=1S/C14H32O5Si4/c1-11-13(16-14(15)12(2)3)23(17-20-4,18-21(5,6)7)19-22(8,9)10/h13H,2,11H2,1,3-10H3. The lowest BCUT2D eigenvalue weighted by molar-refractivity contribution is -0.143. The molecule has 0 aromatic rings. The van der Waals surface area contributed by atoms with Crippen LogP contribution in [0, 0.1) is 0 Å². The quantitative estimate of drug-likeness (QED) is 0.322. The minimum absolute atomic E-state index is 0.210. The summed E-state index contributed by atoms with van der Waals surface area (Å²) in [5.74, 6) is -0.421. The summed E-state index contributed by atoms with van der Waals surface area (Å²) < 4.78 is 24.7. The van der Waals surface area contributed by atoms with Gasteiger partial charge in [-0.05, 0) is 59.2 Å². The third-order valence-corrected chi connectivity index (χ3v) is 12.9. The molecule has 0 aromatic heterocycles. The summed E-state index contributed by atoms with van der Waals surface area (Å²) in [6, 6.07) is 0. The Morgan fingerprint density at radius 1 is 1.09 bits per heavy atom. The summed E-state index contributed by atoms with van der Waals surface area (Å²) in [6.45, 7) is 21.8. The largest absolute Gasteiger partial charge is 0.512 e. The van der Waals surface area contributed by atoms with Crippen LogP contribution in [0.4, 0.5) is 0 Å². The SMILES string of the molecule is C=C(C)C(=O)OC(CC)[Si](O[Si]C)(O[Si](C)(C)C)O[Si](C)(C)C. The van der Waals surface area contributed by atoms with Crippen molar-refractivity contribution in [3.05, 3.63) is 12.2 Å². The van der Waals surface area contributed by atoms with Crippen molar-refractivity contribution in [2.75, 3.05) is 0 Å². The maximum Gasteiger partial charge on any atom is 0.512 e. The van der Waals surface area contributed by atoms with E-state index in [9.17, 15) is 4.79 Å². The van der Waals surface area contributed by atoms with E-state index in [0.29, 0.717) is 12.0 Å². The molecule has 0 bridgehead atoms. The second kappa shape index (κ2) is 8.88. The van der Waals surface area contributed by atoms with Gasteiger partial charge in [0.25, 0.3) is 0 Å². The maximum atomic E-state index is 12.1. The van der Waals surface area contributed by atoms with E-state index in [1.807, 2.05) is 13.5 Å². The van der Waals surface area contributed by atoms with E-state index in [0.717, 1.165) is 0 Å². The van der Waals surface area contributed by atoms with E-state index < -0.39 is 37.1 Å². The van der Waals surface area contributed by atoms with E-state index in [-0.39, 0.29) is 9.76 Å².